The number of carbonyl (C=O) groups excluding carboxylic acids is 2. The summed E-state index contributed by atoms with van der Waals surface area (Å²) in [6.45, 7) is 3.93. The summed E-state index contributed by atoms with van der Waals surface area (Å²) in [6, 6.07) is 16.7. The number of amides is 1. The number of nitrogens with zero attached hydrogens (tertiary/aromatic N) is 1. The lowest BCUT2D eigenvalue weighted by Gasteiger charge is -2.21. The van der Waals surface area contributed by atoms with Crippen molar-refractivity contribution in [1.29, 1.82) is 0 Å². The first-order valence-electron chi connectivity index (χ1n) is 8.73. The summed E-state index contributed by atoms with van der Waals surface area (Å²) >= 11 is 0. The van der Waals surface area contributed by atoms with Gasteiger partial charge in [-0.15, -0.1) is 6.58 Å². The molecule has 2 aromatic carbocycles. The van der Waals surface area contributed by atoms with Crippen molar-refractivity contribution in [2.75, 3.05) is 11.4 Å². The highest BCUT2D eigenvalue weighted by atomic mass is 16.3. The molecule has 4 nitrogen and oxygen atoms in total. The zero-order valence-electron chi connectivity index (χ0n) is 14.9. The molecule has 0 aliphatic carbocycles. The monoisotopic (exact) mass is 359 g/mol. The third kappa shape index (κ3) is 3.81. The van der Waals surface area contributed by atoms with Crippen LogP contribution in [0, 0.1) is 0 Å². The number of fused-ring (bicyclic) bond motifs is 1. The Labute approximate surface area is 158 Å². The molecule has 1 aliphatic heterocycles. The molecule has 3 rings (SSSR count). The fourth-order valence-electron chi connectivity index (χ4n) is 3.19. The number of anilines is 1. The van der Waals surface area contributed by atoms with Gasteiger partial charge in [-0.25, -0.2) is 0 Å². The van der Waals surface area contributed by atoms with Gasteiger partial charge in [0.05, 0.1) is 12.1 Å². The third-order valence-corrected chi connectivity index (χ3v) is 4.46. The van der Waals surface area contributed by atoms with Crippen LogP contribution in [-0.4, -0.2) is 23.3 Å². The van der Waals surface area contributed by atoms with Crippen LogP contribution < -0.4 is 4.90 Å². The SMILES string of the molecule is C=CCN1C(=O)[C@@](O)(CC(=O)/C=C/C=C\c2ccccc2)c2ccccc21. The molecule has 1 N–H and O–H groups in total. The number of hydrogen-bond acceptors (Lipinski definition) is 3. The predicted molar refractivity (Wildman–Crippen MR) is 107 cm³/mol. The normalized spacial score (nSPS) is 19.0. The van der Waals surface area contributed by atoms with E-state index in [-0.39, 0.29) is 18.7 Å². The van der Waals surface area contributed by atoms with Crippen LogP contribution in [0.25, 0.3) is 6.08 Å². The van der Waals surface area contributed by atoms with Crippen LogP contribution in [-0.2, 0) is 15.2 Å². The van der Waals surface area contributed by atoms with E-state index in [2.05, 4.69) is 6.58 Å². The van der Waals surface area contributed by atoms with Crippen LogP contribution in [0.15, 0.2) is 85.5 Å². The van der Waals surface area contributed by atoms with Gasteiger partial charge in [-0.2, -0.15) is 0 Å². The maximum atomic E-state index is 12.8. The van der Waals surface area contributed by atoms with E-state index in [0.29, 0.717) is 11.3 Å². The minimum absolute atomic E-state index is 0.280. The van der Waals surface area contributed by atoms with Crippen molar-refractivity contribution in [2.45, 2.75) is 12.0 Å². The van der Waals surface area contributed by atoms with Gasteiger partial charge in [-0.05, 0) is 17.7 Å². The standard InChI is InChI=1S/C23H21NO3/c1-2-16-24-21-15-9-8-14-20(21)23(27,22(24)26)17-19(25)13-7-6-12-18-10-4-3-5-11-18/h2-15,27H,1,16-17H2/b12-6-,13-7+/t23-/m1/s1. The number of para-hydroxylation sites is 1. The molecule has 1 atom stereocenters. The van der Waals surface area contributed by atoms with Crippen LogP contribution >= 0.6 is 0 Å². The first-order valence-corrected chi connectivity index (χ1v) is 8.73. The second kappa shape index (κ2) is 7.98. The van der Waals surface area contributed by atoms with Crippen LogP contribution in [0.1, 0.15) is 17.5 Å². The maximum absolute atomic E-state index is 12.8. The lowest BCUT2D eigenvalue weighted by molar-refractivity contribution is -0.140. The molecular formula is C23H21NO3. The van der Waals surface area contributed by atoms with Gasteiger partial charge in [-0.3, -0.25) is 9.59 Å². The Morgan fingerprint density at radius 1 is 1.07 bits per heavy atom. The summed E-state index contributed by atoms with van der Waals surface area (Å²) in [5, 5.41) is 11.0. The number of allylic oxidation sites excluding steroid dienone is 3. The first kappa shape index (κ1) is 18.5. The minimum atomic E-state index is -1.84. The number of carbonyl (C=O) groups is 2. The number of benzene rings is 2. The summed E-state index contributed by atoms with van der Waals surface area (Å²) in [5.74, 6) is -0.816. The van der Waals surface area contributed by atoms with E-state index < -0.39 is 11.5 Å². The molecule has 1 aliphatic rings. The molecule has 0 spiro atoms. The Bertz CT molecular complexity index is 914. The third-order valence-electron chi connectivity index (χ3n) is 4.46. The van der Waals surface area contributed by atoms with Gasteiger partial charge in [0, 0.05) is 12.1 Å². The molecule has 0 radical (unpaired) electrons. The molecule has 0 unspecified atom stereocenters. The topological polar surface area (TPSA) is 57.6 Å². The van der Waals surface area contributed by atoms with Gasteiger partial charge in [0.1, 0.15) is 0 Å². The highest BCUT2D eigenvalue weighted by Gasteiger charge is 2.50. The van der Waals surface area contributed by atoms with Gasteiger partial charge in [-0.1, -0.05) is 72.8 Å². The van der Waals surface area contributed by atoms with E-state index in [1.165, 1.54) is 11.0 Å². The molecule has 0 bridgehead atoms. The van der Waals surface area contributed by atoms with E-state index >= 15 is 0 Å². The van der Waals surface area contributed by atoms with Crippen LogP contribution in [0.3, 0.4) is 0 Å². The Balaban J connectivity index is 1.75. The average molecular weight is 359 g/mol. The van der Waals surface area contributed by atoms with Gasteiger partial charge >= 0.3 is 0 Å². The zero-order valence-corrected chi connectivity index (χ0v) is 14.9. The quantitative estimate of drug-likeness (QED) is 0.466. The van der Waals surface area contributed by atoms with Crippen molar-refractivity contribution in [3.8, 4) is 0 Å². The average Bonchev–Trinajstić information content (AvgIpc) is 2.89. The predicted octanol–water partition coefficient (Wildman–Crippen LogP) is 3.64. The Morgan fingerprint density at radius 2 is 1.78 bits per heavy atom. The molecule has 136 valence electrons. The number of hydrogen-bond donors (Lipinski definition) is 1. The van der Waals surface area contributed by atoms with Gasteiger partial charge in [0.15, 0.2) is 11.4 Å². The molecule has 4 heteroatoms. The molecule has 27 heavy (non-hydrogen) atoms. The molecule has 1 heterocycles. The van der Waals surface area contributed by atoms with E-state index in [4.69, 9.17) is 0 Å². The highest BCUT2D eigenvalue weighted by Crippen LogP contribution is 2.42. The minimum Gasteiger partial charge on any atom is -0.375 e. The fourth-order valence-corrected chi connectivity index (χ4v) is 3.19. The Hall–Kier alpha value is -3.24. The van der Waals surface area contributed by atoms with E-state index in [1.807, 2.05) is 36.4 Å². The van der Waals surface area contributed by atoms with Crippen molar-refractivity contribution >= 4 is 23.5 Å². The second-order valence-electron chi connectivity index (χ2n) is 6.35. The Kier molecular flexibility index (Phi) is 5.48. The summed E-state index contributed by atoms with van der Waals surface area (Å²) < 4.78 is 0. The van der Waals surface area contributed by atoms with Gasteiger partial charge < -0.3 is 10.0 Å². The largest absolute Gasteiger partial charge is 0.375 e. The molecule has 0 fully saturated rings. The zero-order chi connectivity index (χ0) is 19.3. The summed E-state index contributed by atoms with van der Waals surface area (Å²) in [7, 11) is 0. The second-order valence-corrected chi connectivity index (χ2v) is 6.35. The number of ketones is 1. The summed E-state index contributed by atoms with van der Waals surface area (Å²) in [4.78, 5) is 26.6. The van der Waals surface area contributed by atoms with Crippen LogP contribution in [0.4, 0.5) is 5.69 Å². The lowest BCUT2D eigenvalue weighted by Crippen LogP contribution is -2.41. The van der Waals surface area contributed by atoms with Crippen molar-refractivity contribution in [3.63, 3.8) is 0 Å². The van der Waals surface area contributed by atoms with E-state index in [0.717, 1.165) is 5.56 Å². The number of rotatable bonds is 7. The van der Waals surface area contributed by atoms with Crippen molar-refractivity contribution < 1.29 is 14.7 Å². The number of aliphatic hydroxyl groups is 1. The van der Waals surface area contributed by atoms with Crippen molar-refractivity contribution in [3.05, 3.63) is 96.6 Å². The first-order chi connectivity index (χ1) is 13.1. The molecule has 2 aromatic rings. The lowest BCUT2D eigenvalue weighted by atomic mass is 9.90. The van der Waals surface area contributed by atoms with Crippen LogP contribution in [0.2, 0.25) is 0 Å². The van der Waals surface area contributed by atoms with Gasteiger partial charge in [0.25, 0.3) is 5.91 Å². The summed E-state index contributed by atoms with van der Waals surface area (Å²) in [5.41, 5.74) is 0.252. The van der Waals surface area contributed by atoms with Crippen LogP contribution in [0.5, 0.6) is 0 Å². The van der Waals surface area contributed by atoms with E-state index in [1.54, 1.807) is 42.5 Å². The fraction of sp³-hybridized carbons (Fsp3) is 0.130. The van der Waals surface area contributed by atoms with E-state index in [9.17, 15) is 14.7 Å². The molecule has 0 saturated carbocycles. The Morgan fingerprint density at radius 3 is 2.52 bits per heavy atom. The molecule has 0 saturated heterocycles. The maximum Gasteiger partial charge on any atom is 0.264 e. The van der Waals surface area contributed by atoms with Crippen molar-refractivity contribution in [2.24, 2.45) is 0 Å². The smallest absolute Gasteiger partial charge is 0.264 e. The van der Waals surface area contributed by atoms with Crippen molar-refractivity contribution in [1.82, 2.24) is 0 Å². The molecular weight excluding hydrogens is 338 g/mol. The summed E-state index contributed by atoms with van der Waals surface area (Å²) in [6.07, 6.45) is 7.92. The molecule has 1 amide bonds. The van der Waals surface area contributed by atoms with Gasteiger partial charge in [0.2, 0.25) is 0 Å². The molecule has 0 aromatic heterocycles. The highest BCUT2D eigenvalue weighted by molar-refractivity contribution is 6.10.